The molecule has 4 nitrogen and oxygen atoms in total. The third-order valence-electron chi connectivity index (χ3n) is 3.04. The Balaban J connectivity index is 2.15. The van der Waals surface area contributed by atoms with Gasteiger partial charge in [-0.1, -0.05) is 12.1 Å². The van der Waals surface area contributed by atoms with Gasteiger partial charge in [0.15, 0.2) is 5.96 Å². The Hall–Kier alpha value is -1.55. The van der Waals surface area contributed by atoms with Crippen LogP contribution >= 0.6 is 0 Å². The maximum Gasteiger partial charge on any atom is 0.193 e. The van der Waals surface area contributed by atoms with E-state index in [1.54, 1.807) is 0 Å². The zero-order valence-corrected chi connectivity index (χ0v) is 9.95. The van der Waals surface area contributed by atoms with Crippen molar-refractivity contribution in [3.8, 4) is 0 Å². The Bertz CT molecular complexity index is 415. The molecule has 0 amide bonds. The number of aliphatic hydroxyl groups excluding tert-OH is 1. The molecule has 0 bridgehead atoms. The van der Waals surface area contributed by atoms with Gasteiger partial charge in [0.1, 0.15) is 0 Å². The molecule has 0 saturated heterocycles. The van der Waals surface area contributed by atoms with Crippen LogP contribution in [-0.2, 0) is 12.8 Å². The fourth-order valence-electron chi connectivity index (χ4n) is 2.25. The highest BCUT2D eigenvalue weighted by Gasteiger charge is 2.12. The van der Waals surface area contributed by atoms with Crippen molar-refractivity contribution in [2.75, 3.05) is 18.5 Å². The minimum Gasteiger partial charge on any atom is -0.394 e. The van der Waals surface area contributed by atoms with Gasteiger partial charge in [-0.3, -0.25) is 4.99 Å². The van der Waals surface area contributed by atoms with E-state index in [0.717, 1.165) is 18.5 Å². The minimum atomic E-state index is 0.0231. The molecule has 17 heavy (non-hydrogen) atoms. The highest BCUT2D eigenvalue weighted by Crippen LogP contribution is 2.27. The lowest BCUT2D eigenvalue weighted by Crippen LogP contribution is -2.24. The quantitative estimate of drug-likeness (QED) is 0.544. The number of rotatable bonds is 3. The van der Waals surface area contributed by atoms with Crippen molar-refractivity contribution in [3.63, 3.8) is 0 Å². The molecule has 0 saturated carbocycles. The summed E-state index contributed by atoms with van der Waals surface area (Å²) < 4.78 is 0. The van der Waals surface area contributed by atoms with Crippen molar-refractivity contribution in [1.29, 1.82) is 0 Å². The zero-order chi connectivity index (χ0) is 12.1. The van der Waals surface area contributed by atoms with Crippen molar-refractivity contribution in [3.05, 3.63) is 29.3 Å². The van der Waals surface area contributed by atoms with Crippen LogP contribution in [0.3, 0.4) is 0 Å². The van der Waals surface area contributed by atoms with E-state index >= 15 is 0 Å². The summed E-state index contributed by atoms with van der Waals surface area (Å²) >= 11 is 0. The molecular weight excluding hydrogens is 214 g/mol. The third kappa shape index (κ3) is 2.97. The molecular formula is C13H19N3O. The van der Waals surface area contributed by atoms with E-state index in [4.69, 9.17) is 10.8 Å². The van der Waals surface area contributed by atoms with Crippen LogP contribution in [0.4, 0.5) is 5.69 Å². The van der Waals surface area contributed by atoms with E-state index in [0.29, 0.717) is 12.5 Å². The van der Waals surface area contributed by atoms with Crippen LogP contribution in [0.5, 0.6) is 0 Å². The summed E-state index contributed by atoms with van der Waals surface area (Å²) in [5.74, 6) is 0.373. The van der Waals surface area contributed by atoms with Gasteiger partial charge < -0.3 is 16.2 Å². The van der Waals surface area contributed by atoms with Crippen molar-refractivity contribution >= 4 is 11.6 Å². The molecule has 4 N–H and O–H groups in total. The van der Waals surface area contributed by atoms with Gasteiger partial charge in [0.2, 0.25) is 0 Å². The fraction of sp³-hybridized carbons (Fsp3) is 0.462. The lowest BCUT2D eigenvalue weighted by molar-refractivity contribution is 0.307. The monoisotopic (exact) mass is 233 g/mol. The molecule has 0 aromatic heterocycles. The maximum absolute atomic E-state index is 8.68. The van der Waals surface area contributed by atoms with Crippen LogP contribution < -0.4 is 11.1 Å². The van der Waals surface area contributed by atoms with Crippen LogP contribution in [0.1, 0.15) is 24.0 Å². The van der Waals surface area contributed by atoms with Crippen LogP contribution in [-0.4, -0.2) is 24.2 Å². The average Bonchev–Trinajstić information content (AvgIpc) is 2.37. The molecule has 1 aliphatic carbocycles. The number of fused-ring (bicyclic) bond motifs is 1. The molecule has 2 rings (SSSR count). The van der Waals surface area contributed by atoms with E-state index in [1.807, 2.05) is 12.1 Å². The molecule has 4 heteroatoms. The van der Waals surface area contributed by atoms with Crippen LogP contribution in [0.25, 0.3) is 0 Å². The van der Waals surface area contributed by atoms with E-state index in [2.05, 4.69) is 16.4 Å². The van der Waals surface area contributed by atoms with Gasteiger partial charge in [-0.15, -0.1) is 0 Å². The number of aliphatic imine (C=N–C) groups is 1. The smallest absolute Gasteiger partial charge is 0.193 e. The second kappa shape index (κ2) is 5.68. The number of guanidine groups is 1. The summed E-state index contributed by atoms with van der Waals surface area (Å²) in [5.41, 5.74) is 9.58. The topological polar surface area (TPSA) is 70.6 Å². The normalized spacial score (nSPS) is 15.5. The predicted molar refractivity (Wildman–Crippen MR) is 70.3 cm³/mol. The second-order valence-electron chi connectivity index (χ2n) is 4.27. The van der Waals surface area contributed by atoms with Gasteiger partial charge in [0, 0.05) is 5.69 Å². The number of aliphatic hydroxyl groups is 1. The Morgan fingerprint density at radius 1 is 1.35 bits per heavy atom. The lowest BCUT2D eigenvalue weighted by Gasteiger charge is -2.19. The Kier molecular flexibility index (Phi) is 3.98. The van der Waals surface area contributed by atoms with Gasteiger partial charge in [0.25, 0.3) is 0 Å². The fourth-order valence-corrected chi connectivity index (χ4v) is 2.25. The van der Waals surface area contributed by atoms with E-state index < -0.39 is 0 Å². The van der Waals surface area contributed by atoms with Gasteiger partial charge in [-0.05, 0) is 42.9 Å². The molecule has 0 atom stereocenters. The van der Waals surface area contributed by atoms with Gasteiger partial charge >= 0.3 is 0 Å². The van der Waals surface area contributed by atoms with Crippen molar-refractivity contribution in [2.45, 2.75) is 25.7 Å². The summed E-state index contributed by atoms with van der Waals surface area (Å²) in [6.07, 6.45) is 4.76. The first-order chi connectivity index (χ1) is 8.31. The minimum absolute atomic E-state index is 0.0231. The average molecular weight is 233 g/mol. The number of benzene rings is 1. The number of hydrogen-bond donors (Lipinski definition) is 3. The number of aryl methyl sites for hydroxylation is 1. The molecule has 0 fully saturated rings. The number of nitrogens with two attached hydrogens (primary N) is 1. The largest absolute Gasteiger partial charge is 0.394 e. The molecule has 0 unspecified atom stereocenters. The Morgan fingerprint density at radius 2 is 2.18 bits per heavy atom. The summed E-state index contributed by atoms with van der Waals surface area (Å²) in [7, 11) is 0. The first-order valence-corrected chi connectivity index (χ1v) is 6.10. The van der Waals surface area contributed by atoms with Crippen LogP contribution in [0.2, 0.25) is 0 Å². The number of hydrogen-bond acceptors (Lipinski definition) is 2. The van der Waals surface area contributed by atoms with Crippen LogP contribution in [0.15, 0.2) is 23.2 Å². The highest BCUT2D eigenvalue weighted by molar-refractivity contribution is 5.93. The first kappa shape index (κ1) is 11.9. The third-order valence-corrected chi connectivity index (χ3v) is 3.04. The summed E-state index contributed by atoms with van der Waals surface area (Å²) in [6, 6.07) is 6.26. The van der Waals surface area contributed by atoms with Gasteiger partial charge in [-0.25, -0.2) is 0 Å². The lowest BCUT2D eigenvalue weighted by atomic mass is 9.90. The van der Waals surface area contributed by atoms with Crippen molar-refractivity contribution < 1.29 is 5.11 Å². The van der Waals surface area contributed by atoms with E-state index in [-0.39, 0.29) is 6.61 Å². The summed E-state index contributed by atoms with van der Waals surface area (Å²) in [4.78, 5) is 4.02. The highest BCUT2D eigenvalue weighted by atomic mass is 16.3. The number of nitrogens with zero attached hydrogens (tertiary/aromatic N) is 1. The SMILES string of the molecule is NC(=NCCO)Nc1cccc2c1CCCC2. The van der Waals surface area contributed by atoms with E-state index in [9.17, 15) is 0 Å². The van der Waals surface area contributed by atoms with Crippen LogP contribution in [0, 0.1) is 0 Å². The van der Waals surface area contributed by atoms with E-state index in [1.165, 1.54) is 24.0 Å². The Labute approximate surface area is 102 Å². The molecule has 0 spiro atoms. The maximum atomic E-state index is 8.68. The number of anilines is 1. The molecule has 0 heterocycles. The predicted octanol–water partition coefficient (Wildman–Crippen LogP) is 1.28. The molecule has 92 valence electrons. The molecule has 1 aromatic carbocycles. The van der Waals surface area contributed by atoms with Gasteiger partial charge in [0.05, 0.1) is 13.2 Å². The zero-order valence-electron chi connectivity index (χ0n) is 9.95. The molecule has 1 aliphatic rings. The van der Waals surface area contributed by atoms with Crippen molar-refractivity contribution in [2.24, 2.45) is 10.7 Å². The summed E-state index contributed by atoms with van der Waals surface area (Å²) in [6.45, 7) is 0.364. The first-order valence-electron chi connectivity index (χ1n) is 6.10. The summed E-state index contributed by atoms with van der Waals surface area (Å²) in [5, 5.41) is 11.8. The standard InChI is InChI=1S/C13H19N3O/c14-13(15-8-9-17)16-12-7-3-5-10-4-1-2-6-11(10)12/h3,5,7,17H,1-2,4,6,8-9H2,(H3,14,15,16). The molecule has 0 radical (unpaired) electrons. The van der Waals surface area contributed by atoms with Gasteiger partial charge in [-0.2, -0.15) is 0 Å². The van der Waals surface area contributed by atoms with Crippen molar-refractivity contribution in [1.82, 2.24) is 0 Å². The molecule has 1 aromatic rings. The number of nitrogens with one attached hydrogen (secondary N) is 1. The Morgan fingerprint density at radius 3 is 3.00 bits per heavy atom. The second-order valence-corrected chi connectivity index (χ2v) is 4.27. The molecule has 0 aliphatic heterocycles.